The van der Waals surface area contributed by atoms with Gasteiger partial charge in [-0.2, -0.15) is 0 Å². The Balaban J connectivity index is 1.46. The average molecular weight is 388 g/mol. The zero-order chi connectivity index (χ0) is 19.1. The van der Waals surface area contributed by atoms with E-state index in [1.807, 2.05) is 0 Å². The van der Waals surface area contributed by atoms with Crippen LogP contribution in [0, 0.1) is 5.92 Å². The molecule has 2 atom stereocenters. The Labute approximate surface area is 173 Å². The normalized spacial score (nSPS) is 29.4. The number of benzene rings is 1. The summed E-state index contributed by atoms with van der Waals surface area (Å²) < 4.78 is 9.72. The first-order valence-corrected chi connectivity index (χ1v) is 11.9. The van der Waals surface area contributed by atoms with Crippen LogP contribution in [-0.4, -0.2) is 42.6 Å². The zero-order valence-electron chi connectivity index (χ0n) is 17.6. The van der Waals surface area contributed by atoms with E-state index >= 15 is 0 Å². The molecular formula is C26H31N2O+. The van der Waals surface area contributed by atoms with Gasteiger partial charge in [0.25, 0.3) is 0 Å². The van der Waals surface area contributed by atoms with Gasteiger partial charge in [0.1, 0.15) is 24.9 Å². The molecule has 0 saturated heterocycles. The van der Waals surface area contributed by atoms with Crippen LogP contribution in [0.2, 0.25) is 0 Å². The molecule has 0 bridgehead atoms. The van der Waals surface area contributed by atoms with E-state index in [1.165, 1.54) is 106 Å². The maximum Gasteiger partial charge on any atom is 0.186 e. The highest BCUT2D eigenvalue weighted by atomic mass is 16.5. The van der Waals surface area contributed by atoms with Crippen molar-refractivity contribution in [1.29, 1.82) is 0 Å². The Morgan fingerprint density at radius 3 is 2.83 bits per heavy atom. The predicted molar refractivity (Wildman–Crippen MR) is 117 cm³/mol. The fourth-order valence-electron chi connectivity index (χ4n) is 7.18. The molecule has 3 heteroatoms. The first-order chi connectivity index (χ1) is 14.3. The molecule has 1 aromatic rings. The van der Waals surface area contributed by atoms with Crippen molar-refractivity contribution in [3.8, 4) is 5.75 Å². The first-order valence-electron chi connectivity index (χ1n) is 11.9. The lowest BCUT2D eigenvalue weighted by molar-refractivity contribution is -0.538. The Morgan fingerprint density at radius 1 is 1.03 bits per heavy atom. The Kier molecular flexibility index (Phi) is 3.46. The van der Waals surface area contributed by atoms with Gasteiger partial charge >= 0.3 is 0 Å². The standard InChI is InChI=1S/C26H31N2O/c1-16-21-14-17-6-2-10-27-12-4-8-19(23(17)27)25(21)29-26-20-9-5-13-28-11-3-7-18(24(20)28)15-22(16)26/h14-15,19,25H,2-13H2,1H3/q+1. The molecular weight excluding hydrogens is 356 g/mol. The van der Waals surface area contributed by atoms with E-state index in [0.717, 1.165) is 0 Å². The number of ether oxygens (including phenoxy) is 1. The summed E-state index contributed by atoms with van der Waals surface area (Å²) >= 11 is 0. The van der Waals surface area contributed by atoms with Crippen LogP contribution in [-0.2, 0) is 12.8 Å². The molecule has 0 N–H and O–H groups in total. The summed E-state index contributed by atoms with van der Waals surface area (Å²) in [5.74, 6) is 1.80. The lowest BCUT2D eigenvalue weighted by Gasteiger charge is -2.43. The summed E-state index contributed by atoms with van der Waals surface area (Å²) in [4.78, 5) is 2.65. The maximum absolute atomic E-state index is 7.03. The molecule has 2 unspecified atom stereocenters. The number of hydrogen-bond donors (Lipinski definition) is 0. The van der Waals surface area contributed by atoms with Gasteiger partial charge in [0.15, 0.2) is 5.71 Å². The van der Waals surface area contributed by atoms with Crippen molar-refractivity contribution < 1.29 is 9.31 Å². The summed E-state index contributed by atoms with van der Waals surface area (Å²) in [5, 5.41) is 0. The molecule has 5 heterocycles. The largest absolute Gasteiger partial charge is 0.484 e. The Hall–Kier alpha value is -2.03. The highest BCUT2D eigenvalue weighted by Crippen LogP contribution is 2.50. The highest BCUT2D eigenvalue weighted by molar-refractivity contribution is 6.02. The quantitative estimate of drug-likeness (QED) is 0.608. The lowest BCUT2D eigenvalue weighted by Crippen LogP contribution is -2.48. The zero-order valence-corrected chi connectivity index (χ0v) is 17.6. The SMILES string of the molecule is CC1=C2C=C3CCC[N+]4=C3C(CCC4)C2Oc2c1cc1c3c2CCCN3CCC1. The van der Waals surface area contributed by atoms with Gasteiger partial charge < -0.3 is 9.64 Å². The molecule has 3 nitrogen and oxygen atoms in total. The third kappa shape index (κ3) is 2.22. The summed E-state index contributed by atoms with van der Waals surface area (Å²) in [6.07, 6.45) is 12.9. The minimum atomic E-state index is 0.232. The number of anilines is 1. The maximum atomic E-state index is 7.03. The van der Waals surface area contributed by atoms with Gasteiger partial charge in [-0.15, -0.1) is 0 Å². The van der Waals surface area contributed by atoms with E-state index in [4.69, 9.17) is 4.74 Å². The van der Waals surface area contributed by atoms with Crippen LogP contribution in [0.1, 0.15) is 62.1 Å². The lowest BCUT2D eigenvalue weighted by atomic mass is 9.72. The monoisotopic (exact) mass is 387 g/mol. The van der Waals surface area contributed by atoms with E-state index in [2.05, 4.69) is 28.5 Å². The van der Waals surface area contributed by atoms with Crippen LogP contribution in [0.4, 0.5) is 5.69 Å². The van der Waals surface area contributed by atoms with E-state index in [9.17, 15) is 0 Å². The predicted octanol–water partition coefficient (Wildman–Crippen LogP) is 4.52. The smallest absolute Gasteiger partial charge is 0.186 e. The van der Waals surface area contributed by atoms with Crippen molar-refractivity contribution in [2.24, 2.45) is 5.92 Å². The minimum Gasteiger partial charge on any atom is -0.484 e. The van der Waals surface area contributed by atoms with Crippen molar-refractivity contribution >= 4 is 17.0 Å². The average Bonchev–Trinajstić information content (AvgIpc) is 2.76. The number of allylic oxidation sites excluding steroid dienone is 2. The highest BCUT2D eigenvalue weighted by Gasteiger charge is 2.47. The number of nitrogens with zero attached hydrogens (tertiary/aromatic N) is 2. The van der Waals surface area contributed by atoms with Gasteiger partial charge in [0.05, 0.1) is 5.92 Å². The molecule has 6 aliphatic rings. The molecule has 7 rings (SSSR count). The molecule has 0 radical (unpaired) electrons. The fourth-order valence-corrected chi connectivity index (χ4v) is 7.18. The summed E-state index contributed by atoms with van der Waals surface area (Å²) in [5.41, 5.74) is 12.3. The van der Waals surface area contributed by atoms with Crippen LogP contribution in [0.15, 0.2) is 23.3 Å². The molecule has 0 amide bonds. The van der Waals surface area contributed by atoms with Crippen molar-refractivity contribution in [1.82, 2.24) is 0 Å². The minimum absolute atomic E-state index is 0.232. The van der Waals surface area contributed by atoms with Crippen LogP contribution in [0.5, 0.6) is 5.75 Å². The third-order valence-corrected chi connectivity index (χ3v) is 8.39. The number of hydrogen-bond acceptors (Lipinski definition) is 2. The third-order valence-electron chi connectivity index (χ3n) is 8.39. The van der Waals surface area contributed by atoms with Crippen molar-refractivity contribution in [3.05, 3.63) is 40.0 Å². The van der Waals surface area contributed by atoms with Crippen molar-refractivity contribution in [2.45, 2.75) is 64.4 Å². The fraction of sp³-hybridized carbons (Fsp3) is 0.577. The van der Waals surface area contributed by atoms with Crippen LogP contribution >= 0.6 is 0 Å². The van der Waals surface area contributed by atoms with Gasteiger partial charge in [-0.1, -0.05) is 0 Å². The molecule has 0 spiro atoms. The van der Waals surface area contributed by atoms with Crippen LogP contribution in [0.3, 0.4) is 0 Å². The summed E-state index contributed by atoms with van der Waals surface area (Å²) in [6, 6.07) is 2.50. The number of rotatable bonds is 0. The van der Waals surface area contributed by atoms with Crippen molar-refractivity contribution in [3.63, 3.8) is 0 Å². The topological polar surface area (TPSA) is 15.5 Å². The van der Waals surface area contributed by atoms with Crippen LogP contribution < -0.4 is 9.64 Å². The molecule has 0 aromatic heterocycles. The van der Waals surface area contributed by atoms with Gasteiger partial charge in [0, 0.05) is 48.3 Å². The van der Waals surface area contributed by atoms with Gasteiger partial charge in [-0.3, -0.25) is 0 Å². The second-order valence-corrected chi connectivity index (χ2v) is 9.95. The molecule has 0 fully saturated rings. The molecule has 5 aliphatic heterocycles. The van der Waals surface area contributed by atoms with E-state index in [1.54, 1.807) is 22.5 Å². The number of fused-ring (bicyclic) bond motifs is 4. The molecule has 0 saturated carbocycles. The van der Waals surface area contributed by atoms with Crippen molar-refractivity contribution in [2.75, 3.05) is 31.1 Å². The van der Waals surface area contributed by atoms with Gasteiger partial charge in [-0.05, 0) is 74.3 Å². The Bertz CT molecular complexity index is 1020. The second-order valence-electron chi connectivity index (χ2n) is 9.95. The van der Waals surface area contributed by atoms with Gasteiger partial charge in [0.2, 0.25) is 0 Å². The Morgan fingerprint density at radius 2 is 1.90 bits per heavy atom. The summed E-state index contributed by atoms with van der Waals surface area (Å²) in [7, 11) is 0. The molecule has 1 aliphatic carbocycles. The molecule has 150 valence electrons. The molecule has 29 heavy (non-hydrogen) atoms. The second kappa shape index (κ2) is 6.00. The van der Waals surface area contributed by atoms with E-state index in [0.29, 0.717) is 5.92 Å². The van der Waals surface area contributed by atoms with Gasteiger partial charge in [-0.25, -0.2) is 4.58 Å². The number of aryl methyl sites for hydroxylation is 1. The first kappa shape index (κ1) is 16.7. The van der Waals surface area contributed by atoms with Crippen LogP contribution in [0.25, 0.3) is 5.57 Å². The van der Waals surface area contributed by atoms with E-state index in [-0.39, 0.29) is 6.10 Å². The van der Waals surface area contributed by atoms with E-state index < -0.39 is 0 Å². The molecule has 1 aromatic carbocycles. The summed E-state index contributed by atoms with van der Waals surface area (Å²) in [6.45, 7) is 7.32.